The highest BCUT2D eigenvalue weighted by atomic mass is 16.7. The number of ether oxygens (including phenoxy) is 4. The number of fused-ring (bicyclic) bond motifs is 1. The lowest BCUT2D eigenvalue weighted by atomic mass is 10.0. The molecule has 3 N–H and O–H groups in total. The Labute approximate surface area is 162 Å². The molecule has 0 unspecified atom stereocenters. The second-order valence-electron chi connectivity index (χ2n) is 6.09. The van der Waals surface area contributed by atoms with Crippen LogP contribution < -0.4 is 19.5 Å². The number of amides is 1. The molecule has 0 saturated carbocycles. The maximum Gasteiger partial charge on any atom is 0.412 e. The first kappa shape index (κ1) is 19.8. The zero-order valence-corrected chi connectivity index (χ0v) is 15.3. The number of aliphatic hydroxyl groups excluding tert-OH is 2. The van der Waals surface area contributed by atoms with Crippen LogP contribution in [0.15, 0.2) is 42.5 Å². The number of carbonyl (C=O) groups is 1. The van der Waals surface area contributed by atoms with Crippen molar-refractivity contribution in [3.8, 4) is 17.2 Å². The van der Waals surface area contributed by atoms with Gasteiger partial charge in [-0.05, 0) is 42.7 Å². The topological polar surface area (TPSA) is 106 Å². The van der Waals surface area contributed by atoms with Crippen LogP contribution in [0.5, 0.6) is 17.2 Å². The predicted octanol–water partition coefficient (Wildman–Crippen LogP) is 2.85. The molecule has 2 aromatic rings. The number of rotatable bonds is 9. The summed E-state index contributed by atoms with van der Waals surface area (Å²) in [6.45, 7) is 0.303. The van der Waals surface area contributed by atoms with Gasteiger partial charge in [0.15, 0.2) is 11.5 Å². The molecular formula is C20H23NO7. The second kappa shape index (κ2) is 9.82. The molecule has 150 valence electrons. The first-order chi connectivity index (χ1) is 13.7. The lowest BCUT2D eigenvalue weighted by Gasteiger charge is -2.19. The molecule has 8 nitrogen and oxygen atoms in total. The van der Waals surface area contributed by atoms with Crippen molar-refractivity contribution in [3.05, 3.63) is 48.0 Å². The van der Waals surface area contributed by atoms with E-state index in [1.807, 2.05) is 0 Å². The molecule has 1 heterocycles. The number of hydrogen-bond donors (Lipinski definition) is 3. The number of benzene rings is 2. The van der Waals surface area contributed by atoms with Crippen LogP contribution in [-0.2, 0) is 4.74 Å². The highest BCUT2D eigenvalue weighted by Gasteiger charge is 2.19. The standard InChI is InChI=1S/C20H23NO7/c22-9-1-2-17(14-3-6-16(7-4-14)25-11-10-23)28-20(24)21-15-5-8-18-19(12-15)27-13-26-18/h3-8,12,17,22-23H,1-2,9-11,13H2,(H,21,24)/t17-/m1/s1. The van der Waals surface area contributed by atoms with Crippen molar-refractivity contribution in [2.45, 2.75) is 18.9 Å². The summed E-state index contributed by atoms with van der Waals surface area (Å²) in [5.74, 6) is 1.81. The van der Waals surface area contributed by atoms with E-state index < -0.39 is 12.2 Å². The fraction of sp³-hybridized carbons (Fsp3) is 0.350. The first-order valence-electron chi connectivity index (χ1n) is 9.01. The molecule has 1 aliphatic heterocycles. The Hall–Kier alpha value is -2.97. The minimum absolute atomic E-state index is 0.00132. The average Bonchev–Trinajstić information content (AvgIpc) is 3.18. The molecule has 0 spiro atoms. The van der Waals surface area contributed by atoms with E-state index in [0.29, 0.717) is 35.8 Å². The van der Waals surface area contributed by atoms with E-state index in [1.165, 1.54) is 0 Å². The lowest BCUT2D eigenvalue weighted by molar-refractivity contribution is 0.0994. The monoisotopic (exact) mass is 389 g/mol. The quantitative estimate of drug-likeness (QED) is 0.605. The number of hydrogen-bond acceptors (Lipinski definition) is 7. The number of carbonyl (C=O) groups excluding carboxylic acids is 1. The van der Waals surface area contributed by atoms with Crippen molar-refractivity contribution >= 4 is 11.8 Å². The fourth-order valence-electron chi connectivity index (χ4n) is 2.76. The van der Waals surface area contributed by atoms with Crippen LogP contribution in [0.2, 0.25) is 0 Å². The summed E-state index contributed by atoms with van der Waals surface area (Å²) in [6.07, 6.45) is -0.164. The molecule has 3 rings (SSSR count). The SMILES string of the molecule is O=C(Nc1ccc2c(c1)OCO2)O[C@H](CCCO)c1ccc(OCCO)cc1. The Kier molecular flexibility index (Phi) is 6.94. The maximum absolute atomic E-state index is 12.3. The largest absolute Gasteiger partial charge is 0.491 e. The van der Waals surface area contributed by atoms with Gasteiger partial charge >= 0.3 is 6.09 Å². The minimum atomic E-state index is -0.609. The molecule has 0 radical (unpaired) electrons. The minimum Gasteiger partial charge on any atom is -0.491 e. The number of nitrogens with one attached hydrogen (secondary N) is 1. The van der Waals surface area contributed by atoms with E-state index in [4.69, 9.17) is 29.2 Å². The van der Waals surface area contributed by atoms with Gasteiger partial charge in [-0.15, -0.1) is 0 Å². The lowest BCUT2D eigenvalue weighted by Crippen LogP contribution is -2.18. The van der Waals surface area contributed by atoms with Gasteiger partial charge in [-0.3, -0.25) is 5.32 Å². The summed E-state index contributed by atoms with van der Waals surface area (Å²) >= 11 is 0. The Morgan fingerprint density at radius 2 is 1.86 bits per heavy atom. The van der Waals surface area contributed by atoms with Crippen LogP contribution >= 0.6 is 0 Å². The van der Waals surface area contributed by atoms with Crippen LogP contribution in [0.25, 0.3) is 0 Å². The third-order valence-corrected chi connectivity index (χ3v) is 4.10. The molecule has 0 aromatic heterocycles. The molecule has 0 saturated heterocycles. The van der Waals surface area contributed by atoms with E-state index in [2.05, 4.69) is 5.32 Å². The zero-order valence-electron chi connectivity index (χ0n) is 15.3. The molecule has 1 amide bonds. The summed E-state index contributed by atoms with van der Waals surface area (Å²) in [6, 6.07) is 12.2. The van der Waals surface area contributed by atoms with Gasteiger partial charge in [0.1, 0.15) is 18.5 Å². The van der Waals surface area contributed by atoms with Crippen LogP contribution in [0.1, 0.15) is 24.5 Å². The summed E-state index contributed by atoms with van der Waals surface area (Å²) in [4.78, 5) is 12.3. The van der Waals surface area contributed by atoms with Crippen molar-refractivity contribution in [1.82, 2.24) is 0 Å². The molecular weight excluding hydrogens is 366 g/mol. The first-order valence-corrected chi connectivity index (χ1v) is 9.01. The highest BCUT2D eigenvalue weighted by molar-refractivity contribution is 5.85. The van der Waals surface area contributed by atoms with Crippen LogP contribution in [0.4, 0.5) is 10.5 Å². The zero-order chi connectivity index (χ0) is 19.8. The van der Waals surface area contributed by atoms with Crippen molar-refractivity contribution < 1.29 is 34.0 Å². The normalized spacial score (nSPS) is 13.1. The van der Waals surface area contributed by atoms with Gasteiger partial charge in [-0.2, -0.15) is 0 Å². The Balaban J connectivity index is 1.63. The van der Waals surface area contributed by atoms with Crippen molar-refractivity contribution in [2.24, 2.45) is 0 Å². The molecule has 0 bridgehead atoms. The van der Waals surface area contributed by atoms with Gasteiger partial charge in [0.05, 0.1) is 6.61 Å². The molecule has 0 aliphatic carbocycles. The highest BCUT2D eigenvalue weighted by Crippen LogP contribution is 2.34. The summed E-state index contributed by atoms with van der Waals surface area (Å²) in [5.41, 5.74) is 1.31. The summed E-state index contributed by atoms with van der Waals surface area (Å²) in [7, 11) is 0. The van der Waals surface area contributed by atoms with Gasteiger partial charge < -0.3 is 29.2 Å². The van der Waals surface area contributed by atoms with Crippen molar-refractivity contribution in [3.63, 3.8) is 0 Å². The fourth-order valence-corrected chi connectivity index (χ4v) is 2.76. The van der Waals surface area contributed by atoms with Gasteiger partial charge in [0, 0.05) is 18.4 Å². The molecule has 28 heavy (non-hydrogen) atoms. The van der Waals surface area contributed by atoms with Crippen LogP contribution in [-0.4, -0.2) is 42.9 Å². The molecule has 0 fully saturated rings. The van der Waals surface area contributed by atoms with Crippen LogP contribution in [0, 0.1) is 0 Å². The third kappa shape index (κ3) is 5.28. The van der Waals surface area contributed by atoms with E-state index in [1.54, 1.807) is 42.5 Å². The molecule has 1 atom stereocenters. The van der Waals surface area contributed by atoms with E-state index in [0.717, 1.165) is 5.56 Å². The Bertz CT molecular complexity index is 779. The van der Waals surface area contributed by atoms with Crippen LogP contribution in [0.3, 0.4) is 0 Å². The van der Waals surface area contributed by atoms with Gasteiger partial charge in [-0.1, -0.05) is 12.1 Å². The maximum atomic E-state index is 12.3. The van der Waals surface area contributed by atoms with Crippen molar-refractivity contribution in [1.29, 1.82) is 0 Å². The molecule has 1 aliphatic rings. The van der Waals surface area contributed by atoms with Gasteiger partial charge in [-0.25, -0.2) is 4.79 Å². The smallest absolute Gasteiger partial charge is 0.412 e. The van der Waals surface area contributed by atoms with E-state index in [9.17, 15) is 4.79 Å². The summed E-state index contributed by atoms with van der Waals surface area (Å²) < 4.78 is 21.4. The van der Waals surface area contributed by atoms with E-state index in [-0.39, 0.29) is 26.6 Å². The van der Waals surface area contributed by atoms with Gasteiger partial charge in [0.2, 0.25) is 6.79 Å². The predicted molar refractivity (Wildman–Crippen MR) is 101 cm³/mol. The molecule has 8 heteroatoms. The Morgan fingerprint density at radius 3 is 2.61 bits per heavy atom. The van der Waals surface area contributed by atoms with E-state index >= 15 is 0 Å². The summed E-state index contributed by atoms with van der Waals surface area (Å²) in [5, 5.41) is 20.6. The van der Waals surface area contributed by atoms with Gasteiger partial charge in [0.25, 0.3) is 0 Å². The van der Waals surface area contributed by atoms with Crippen molar-refractivity contribution in [2.75, 3.05) is 31.9 Å². The third-order valence-electron chi connectivity index (χ3n) is 4.10. The number of aliphatic hydroxyl groups is 2. The average molecular weight is 389 g/mol. The molecule has 2 aromatic carbocycles. The second-order valence-corrected chi connectivity index (χ2v) is 6.09. The Morgan fingerprint density at radius 1 is 1.07 bits per heavy atom. The number of anilines is 1.